The van der Waals surface area contributed by atoms with E-state index >= 15 is 0 Å². The normalized spacial score (nSPS) is 10.2. The number of carbonyl (C=O) groups is 1. The van der Waals surface area contributed by atoms with Crippen LogP contribution in [0.25, 0.3) is 0 Å². The smallest absolute Gasteiger partial charge is 0.293 e. The van der Waals surface area contributed by atoms with E-state index in [-0.39, 0.29) is 22.2 Å². The van der Waals surface area contributed by atoms with E-state index in [2.05, 4.69) is 21.2 Å². The van der Waals surface area contributed by atoms with E-state index in [1.165, 1.54) is 24.5 Å². The molecule has 0 saturated carbocycles. The molecule has 0 spiro atoms. The lowest BCUT2D eigenvalue weighted by Gasteiger charge is -2.05. The molecule has 8 heteroatoms. The van der Waals surface area contributed by atoms with Gasteiger partial charge in [0.25, 0.3) is 11.6 Å². The number of nitrogens with zero attached hydrogens (tertiary/aromatic N) is 1. The summed E-state index contributed by atoms with van der Waals surface area (Å²) in [5.74, 6) is -0.579. The molecule has 0 bridgehead atoms. The lowest BCUT2D eigenvalue weighted by atomic mass is 10.2. The Hall–Kier alpha value is -1.86. The van der Waals surface area contributed by atoms with Crippen LogP contribution in [0.1, 0.15) is 10.4 Å². The second-order valence-corrected chi connectivity index (χ2v) is 4.74. The summed E-state index contributed by atoms with van der Waals surface area (Å²) in [6.45, 7) is 0. The Morgan fingerprint density at radius 2 is 2.16 bits per heavy atom. The van der Waals surface area contributed by atoms with Crippen LogP contribution in [0.5, 0.6) is 0 Å². The number of anilines is 1. The molecule has 1 aromatic carbocycles. The van der Waals surface area contributed by atoms with Crippen LogP contribution in [0.15, 0.2) is 39.4 Å². The van der Waals surface area contributed by atoms with Crippen molar-refractivity contribution in [2.45, 2.75) is 0 Å². The van der Waals surface area contributed by atoms with Crippen molar-refractivity contribution >= 4 is 44.8 Å². The van der Waals surface area contributed by atoms with E-state index in [4.69, 9.17) is 16.0 Å². The Labute approximate surface area is 120 Å². The number of amides is 1. The molecule has 0 fully saturated rings. The number of hydrogen-bond acceptors (Lipinski definition) is 4. The molecule has 1 heterocycles. The molecule has 0 radical (unpaired) electrons. The van der Waals surface area contributed by atoms with E-state index in [0.29, 0.717) is 4.47 Å². The summed E-state index contributed by atoms with van der Waals surface area (Å²) in [7, 11) is 0. The van der Waals surface area contributed by atoms with E-state index in [0.717, 1.165) is 0 Å². The quantitative estimate of drug-likeness (QED) is 0.676. The SMILES string of the molecule is O=C(Nc1ccc(Br)cc1[N+](=O)[O-])c1ccoc1Cl. The van der Waals surface area contributed by atoms with Crippen molar-refractivity contribution in [2.24, 2.45) is 0 Å². The number of halogens is 2. The highest BCUT2D eigenvalue weighted by atomic mass is 79.9. The van der Waals surface area contributed by atoms with Crippen LogP contribution < -0.4 is 5.32 Å². The highest BCUT2D eigenvalue weighted by Gasteiger charge is 2.19. The molecule has 0 aliphatic heterocycles. The van der Waals surface area contributed by atoms with Gasteiger partial charge < -0.3 is 9.73 Å². The summed E-state index contributed by atoms with van der Waals surface area (Å²) >= 11 is 8.79. The summed E-state index contributed by atoms with van der Waals surface area (Å²) in [4.78, 5) is 22.2. The van der Waals surface area contributed by atoms with Gasteiger partial charge in [-0.1, -0.05) is 15.9 Å². The molecule has 0 saturated heterocycles. The maximum Gasteiger partial charge on any atom is 0.293 e. The predicted octanol–water partition coefficient (Wildman–Crippen LogP) is 3.86. The average Bonchev–Trinajstić information content (AvgIpc) is 2.77. The van der Waals surface area contributed by atoms with Crippen LogP contribution >= 0.6 is 27.5 Å². The van der Waals surface area contributed by atoms with Crippen LogP contribution in [0, 0.1) is 10.1 Å². The third-order valence-corrected chi connectivity index (χ3v) is 3.05. The zero-order valence-corrected chi connectivity index (χ0v) is 11.6. The second kappa shape index (κ2) is 5.41. The van der Waals surface area contributed by atoms with E-state index in [1.807, 2.05) is 0 Å². The first-order valence-electron chi connectivity index (χ1n) is 4.97. The molecule has 6 nitrogen and oxygen atoms in total. The maximum absolute atomic E-state index is 11.9. The van der Waals surface area contributed by atoms with Gasteiger partial charge in [-0.3, -0.25) is 14.9 Å². The van der Waals surface area contributed by atoms with Crippen molar-refractivity contribution < 1.29 is 14.1 Å². The fraction of sp³-hybridized carbons (Fsp3) is 0. The second-order valence-electron chi connectivity index (χ2n) is 3.48. The first-order valence-corrected chi connectivity index (χ1v) is 6.14. The molecule has 0 aliphatic carbocycles. The zero-order chi connectivity index (χ0) is 14.0. The van der Waals surface area contributed by atoms with Gasteiger partial charge in [-0.15, -0.1) is 0 Å². The van der Waals surface area contributed by atoms with Crippen LogP contribution in [-0.4, -0.2) is 10.8 Å². The monoisotopic (exact) mass is 344 g/mol. The van der Waals surface area contributed by atoms with Crippen molar-refractivity contribution in [1.82, 2.24) is 0 Å². The van der Waals surface area contributed by atoms with E-state index in [1.54, 1.807) is 6.07 Å². The van der Waals surface area contributed by atoms with E-state index in [9.17, 15) is 14.9 Å². The molecular weight excluding hydrogens is 339 g/mol. The molecule has 2 aromatic rings. The van der Waals surface area contributed by atoms with Gasteiger partial charge >= 0.3 is 0 Å². The Balaban J connectivity index is 2.32. The van der Waals surface area contributed by atoms with Gasteiger partial charge in [0.1, 0.15) is 5.69 Å². The largest absolute Gasteiger partial charge is 0.452 e. The predicted molar refractivity (Wildman–Crippen MR) is 72.5 cm³/mol. The van der Waals surface area contributed by atoms with Gasteiger partial charge in [0.2, 0.25) is 5.22 Å². The molecule has 0 aliphatic rings. The molecule has 19 heavy (non-hydrogen) atoms. The number of furan rings is 1. The topological polar surface area (TPSA) is 85.4 Å². The Bertz CT molecular complexity index is 656. The van der Waals surface area contributed by atoms with Crippen molar-refractivity contribution in [1.29, 1.82) is 0 Å². The summed E-state index contributed by atoms with van der Waals surface area (Å²) < 4.78 is 5.32. The number of hydrogen-bond donors (Lipinski definition) is 1. The van der Waals surface area contributed by atoms with Crippen LogP contribution in [0.2, 0.25) is 5.22 Å². The average molecular weight is 346 g/mol. The number of carbonyl (C=O) groups excluding carboxylic acids is 1. The first kappa shape index (κ1) is 13.6. The van der Waals surface area contributed by atoms with Gasteiger partial charge in [0.05, 0.1) is 16.7 Å². The minimum absolute atomic E-state index is 0.0720. The number of rotatable bonds is 3. The van der Waals surface area contributed by atoms with Gasteiger partial charge in [0, 0.05) is 10.5 Å². The Kier molecular flexibility index (Phi) is 3.87. The standard InChI is InChI=1S/C11H6BrClN2O4/c12-6-1-2-8(9(5-6)15(17)18)14-11(16)7-3-4-19-10(7)13/h1-5H,(H,14,16). The van der Waals surface area contributed by atoms with Gasteiger partial charge in [-0.2, -0.15) is 0 Å². The van der Waals surface area contributed by atoms with Crippen LogP contribution in [0.4, 0.5) is 11.4 Å². The van der Waals surface area contributed by atoms with Gasteiger partial charge in [0.15, 0.2) is 0 Å². The number of benzene rings is 1. The molecule has 0 unspecified atom stereocenters. The molecule has 1 aromatic heterocycles. The molecular formula is C11H6BrClN2O4. The number of nitrogens with one attached hydrogen (secondary N) is 1. The minimum Gasteiger partial charge on any atom is -0.452 e. The lowest BCUT2D eigenvalue weighted by Crippen LogP contribution is -2.12. The third kappa shape index (κ3) is 2.94. The van der Waals surface area contributed by atoms with Crippen LogP contribution in [-0.2, 0) is 0 Å². The molecule has 0 atom stereocenters. The third-order valence-electron chi connectivity index (χ3n) is 2.27. The van der Waals surface area contributed by atoms with Crippen molar-refractivity contribution in [2.75, 3.05) is 5.32 Å². The highest BCUT2D eigenvalue weighted by molar-refractivity contribution is 9.10. The van der Waals surface area contributed by atoms with Crippen molar-refractivity contribution in [3.63, 3.8) is 0 Å². The summed E-state index contributed by atoms with van der Waals surface area (Å²) in [5.41, 5.74) is -0.0308. The summed E-state index contributed by atoms with van der Waals surface area (Å²) in [6.07, 6.45) is 1.26. The molecule has 2 rings (SSSR count). The Morgan fingerprint density at radius 3 is 2.74 bits per heavy atom. The molecule has 1 N–H and O–H groups in total. The van der Waals surface area contributed by atoms with Gasteiger partial charge in [-0.05, 0) is 29.8 Å². The summed E-state index contributed by atoms with van der Waals surface area (Å²) in [6, 6.07) is 5.68. The van der Waals surface area contributed by atoms with Crippen LogP contribution in [0.3, 0.4) is 0 Å². The number of nitro benzene ring substituents is 1. The minimum atomic E-state index is -0.586. The Morgan fingerprint density at radius 1 is 1.42 bits per heavy atom. The summed E-state index contributed by atoms with van der Waals surface area (Å²) in [5, 5.41) is 13.2. The van der Waals surface area contributed by atoms with Gasteiger partial charge in [-0.25, -0.2) is 0 Å². The maximum atomic E-state index is 11.9. The first-order chi connectivity index (χ1) is 8.99. The fourth-order valence-corrected chi connectivity index (χ4v) is 1.96. The molecule has 98 valence electrons. The lowest BCUT2D eigenvalue weighted by molar-refractivity contribution is -0.384. The fourth-order valence-electron chi connectivity index (χ4n) is 1.41. The van der Waals surface area contributed by atoms with Crippen molar-refractivity contribution in [3.05, 3.63) is 55.9 Å². The highest BCUT2D eigenvalue weighted by Crippen LogP contribution is 2.29. The number of nitro groups is 1. The molecule has 1 amide bonds. The van der Waals surface area contributed by atoms with E-state index < -0.39 is 10.8 Å². The van der Waals surface area contributed by atoms with Crippen molar-refractivity contribution in [3.8, 4) is 0 Å². The zero-order valence-electron chi connectivity index (χ0n) is 9.22.